The number of imidazole rings is 1. The third-order valence-electron chi connectivity index (χ3n) is 12.2. The van der Waals surface area contributed by atoms with Crippen LogP contribution in [0.3, 0.4) is 0 Å². The van der Waals surface area contributed by atoms with Gasteiger partial charge in [-0.05, 0) is 19.8 Å². The maximum Gasteiger partial charge on any atom is 0.472 e. The molecule has 3 heterocycles. The average Bonchev–Trinajstić information content (AvgIpc) is 3.83. The lowest BCUT2D eigenvalue weighted by atomic mass is 9.97. The average molecular weight is 952 g/mol. The Morgan fingerprint density at radius 3 is 1.79 bits per heavy atom. The number of carbonyl (C=O) groups is 2. The smallest absolute Gasteiger partial charge is 0.462 e. The number of halogens is 1. The molecular formula is C49H83FN5O10P. The van der Waals surface area contributed by atoms with E-state index in [4.69, 9.17) is 29.7 Å². The minimum Gasteiger partial charge on any atom is -0.462 e. The number of hydrogen-bond acceptors (Lipinski definition) is 13. The number of unbranched alkanes of at least 4 members (excludes halogenated alkanes) is 24. The minimum absolute atomic E-state index is 0.126. The van der Waals surface area contributed by atoms with Crippen LogP contribution in [0.5, 0.6) is 0 Å². The number of phosphoric acid groups is 1. The summed E-state index contributed by atoms with van der Waals surface area (Å²) in [6.07, 6.45) is 31.1. The molecule has 2 aromatic heterocycles. The van der Waals surface area contributed by atoms with Crippen LogP contribution in [-0.2, 0) is 37.4 Å². The number of aliphatic hydroxyl groups is 1. The molecule has 2 unspecified atom stereocenters. The summed E-state index contributed by atoms with van der Waals surface area (Å²) >= 11 is 0. The molecule has 1 aliphatic rings. The molecule has 66 heavy (non-hydrogen) atoms. The molecule has 3 N–H and O–H groups in total. The number of nitrogens with one attached hydrogen (secondary N) is 1. The summed E-state index contributed by atoms with van der Waals surface area (Å²) in [5, 5.41) is 13.9. The van der Waals surface area contributed by atoms with Crippen LogP contribution in [0.25, 0.3) is 11.2 Å². The second kappa shape index (κ2) is 32.5. The van der Waals surface area contributed by atoms with E-state index in [1.54, 1.807) is 14.0 Å². The summed E-state index contributed by atoms with van der Waals surface area (Å²) in [7, 11) is -3.30. The van der Waals surface area contributed by atoms with Crippen molar-refractivity contribution in [1.29, 1.82) is 0 Å². The van der Waals surface area contributed by atoms with Gasteiger partial charge < -0.3 is 29.5 Å². The Labute approximate surface area is 394 Å². The topological polar surface area (TPSA) is 193 Å². The molecule has 0 saturated carbocycles. The Morgan fingerprint density at radius 2 is 1.30 bits per heavy atom. The number of aliphatic hydroxyl groups excluding tert-OH is 1. The SMILES string of the molecule is C#C[C@@]1(F)[C@H](O)[C@@H](COP(=O)(O)OCC(COC(=O)CCCCCCCCCCCCCCC)OC(=O)CCCCCCCCCCCCCCC)O[C@H]1n1cnc2c(NC)nc(C)nc21. The normalized spacial score (nSPS) is 19.7. The van der Waals surface area contributed by atoms with E-state index in [0.29, 0.717) is 30.0 Å². The Balaban J connectivity index is 1.47. The molecule has 0 amide bonds. The van der Waals surface area contributed by atoms with Crippen LogP contribution in [0, 0.1) is 19.3 Å². The van der Waals surface area contributed by atoms with Crippen LogP contribution in [0.2, 0.25) is 0 Å². The second-order valence-electron chi connectivity index (χ2n) is 17.9. The molecule has 1 aliphatic heterocycles. The molecule has 15 nitrogen and oxygen atoms in total. The van der Waals surface area contributed by atoms with E-state index < -0.39 is 69.8 Å². The fourth-order valence-corrected chi connectivity index (χ4v) is 9.02. The predicted octanol–water partition coefficient (Wildman–Crippen LogP) is 11.3. The molecule has 1 fully saturated rings. The number of ether oxygens (including phenoxy) is 3. The van der Waals surface area contributed by atoms with Gasteiger partial charge in [0, 0.05) is 19.9 Å². The molecule has 3 rings (SSSR count). The van der Waals surface area contributed by atoms with Crippen molar-refractivity contribution in [2.24, 2.45) is 0 Å². The van der Waals surface area contributed by atoms with Crippen molar-refractivity contribution < 1.29 is 51.8 Å². The number of rotatable bonds is 39. The van der Waals surface area contributed by atoms with Gasteiger partial charge in [-0.15, -0.1) is 6.42 Å². The molecule has 0 bridgehead atoms. The third-order valence-corrected chi connectivity index (χ3v) is 13.2. The number of fused-ring (bicyclic) bond motifs is 1. The number of phosphoric ester groups is 1. The maximum absolute atomic E-state index is 16.3. The van der Waals surface area contributed by atoms with Gasteiger partial charge in [-0.1, -0.05) is 174 Å². The van der Waals surface area contributed by atoms with Gasteiger partial charge in [-0.2, -0.15) is 0 Å². The first-order chi connectivity index (χ1) is 31.9. The van der Waals surface area contributed by atoms with E-state index in [-0.39, 0.29) is 18.5 Å². The van der Waals surface area contributed by atoms with Gasteiger partial charge in [0.15, 0.2) is 29.3 Å². The Kier molecular flexibility index (Phi) is 28.2. The molecule has 0 radical (unpaired) electrons. The quantitative estimate of drug-likeness (QED) is 0.0248. The standard InChI is InChI=1S/C49H83FN5O10P/c1-6-9-11-13-15-17-19-21-23-25-27-29-31-33-42(56)61-35-40(64-43(57)34-32-30-28-26-24-22-20-18-16-14-12-10-7-2)36-62-66(59,60)63-37-41-45(58)49(50,8-3)48(65-41)55-38-52-44-46(51-5)53-39(4)54-47(44)55/h3,38,40-41,45,48,58H,6-7,9-37H2,1-2,4-5H3,(H,59,60)(H,51,53,54)/t40?,41-,45-,48-,49-/m1/s1. The molecule has 0 aromatic carbocycles. The fraction of sp³-hybridized carbons (Fsp3) is 0.816. The molecule has 0 spiro atoms. The van der Waals surface area contributed by atoms with E-state index >= 15 is 4.39 Å². The Morgan fingerprint density at radius 1 is 0.818 bits per heavy atom. The van der Waals surface area contributed by atoms with Crippen molar-refractivity contribution in [2.45, 2.75) is 231 Å². The number of nitrogens with zero attached hydrogens (tertiary/aromatic N) is 4. The van der Waals surface area contributed by atoms with Crippen molar-refractivity contribution in [3.63, 3.8) is 0 Å². The van der Waals surface area contributed by atoms with Gasteiger partial charge in [0.2, 0.25) is 5.67 Å². The molecule has 1 saturated heterocycles. The fourth-order valence-electron chi connectivity index (χ4n) is 8.26. The van der Waals surface area contributed by atoms with Gasteiger partial charge in [-0.3, -0.25) is 23.2 Å². The second-order valence-corrected chi connectivity index (χ2v) is 19.4. The highest BCUT2D eigenvalue weighted by Crippen LogP contribution is 2.47. The highest BCUT2D eigenvalue weighted by atomic mass is 31.2. The summed E-state index contributed by atoms with van der Waals surface area (Å²) in [4.78, 5) is 49.2. The first-order valence-corrected chi connectivity index (χ1v) is 26.7. The number of terminal acetylenes is 1. The number of aromatic nitrogens is 4. The lowest BCUT2D eigenvalue weighted by Crippen LogP contribution is -2.42. The number of esters is 2. The van der Waals surface area contributed by atoms with Crippen LogP contribution in [0.4, 0.5) is 10.2 Å². The molecule has 376 valence electrons. The minimum atomic E-state index is -4.94. The lowest BCUT2D eigenvalue weighted by Gasteiger charge is -2.23. The summed E-state index contributed by atoms with van der Waals surface area (Å²) in [6.45, 7) is 4.26. The number of carbonyl (C=O) groups excluding carboxylic acids is 2. The van der Waals surface area contributed by atoms with Crippen LogP contribution in [0.15, 0.2) is 6.33 Å². The zero-order valence-electron chi connectivity index (χ0n) is 40.7. The maximum atomic E-state index is 16.3. The van der Waals surface area contributed by atoms with Gasteiger partial charge >= 0.3 is 19.8 Å². The summed E-state index contributed by atoms with van der Waals surface area (Å²) in [6, 6.07) is 0. The van der Waals surface area contributed by atoms with Crippen LogP contribution >= 0.6 is 7.82 Å². The van der Waals surface area contributed by atoms with Gasteiger partial charge in [0.05, 0.1) is 19.5 Å². The molecule has 17 heteroatoms. The summed E-state index contributed by atoms with van der Waals surface area (Å²) in [5.74, 6) is 1.67. The zero-order valence-corrected chi connectivity index (χ0v) is 41.6. The number of hydrogen-bond donors (Lipinski definition) is 3. The number of alkyl halides is 1. The summed E-state index contributed by atoms with van der Waals surface area (Å²) in [5.41, 5.74) is -2.33. The molecular weight excluding hydrogens is 869 g/mol. The highest BCUT2D eigenvalue weighted by molar-refractivity contribution is 7.47. The van der Waals surface area contributed by atoms with Gasteiger partial charge in [-0.25, -0.2) is 23.9 Å². The van der Waals surface area contributed by atoms with Crippen molar-refractivity contribution >= 4 is 36.7 Å². The first kappa shape index (κ1) is 57.1. The third kappa shape index (κ3) is 21.0. The van der Waals surface area contributed by atoms with Crippen LogP contribution < -0.4 is 5.32 Å². The number of anilines is 1. The van der Waals surface area contributed by atoms with E-state index in [2.05, 4.69) is 34.1 Å². The monoisotopic (exact) mass is 952 g/mol. The number of aryl methyl sites for hydroxylation is 1. The molecule has 6 atom stereocenters. The van der Waals surface area contributed by atoms with Gasteiger partial charge in [0.25, 0.3) is 0 Å². The summed E-state index contributed by atoms with van der Waals surface area (Å²) < 4.78 is 57.9. The zero-order chi connectivity index (χ0) is 48.0. The van der Waals surface area contributed by atoms with Crippen molar-refractivity contribution in [2.75, 3.05) is 32.2 Å². The first-order valence-electron chi connectivity index (χ1n) is 25.2. The van der Waals surface area contributed by atoms with E-state index in [1.165, 1.54) is 126 Å². The van der Waals surface area contributed by atoms with Gasteiger partial charge in [0.1, 0.15) is 24.6 Å². The van der Waals surface area contributed by atoms with Crippen LogP contribution in [0.1, 0.15) is 206 Å². The largest absolute Gasteiger partial charge is 0.472 e. The van der Waals surface area contributed by atoms with E-state index in [0.717, 1.165) is 38.5 Å². The van der Waals surface area contributed by atoms with E-state index in [1.807, 2.05) is 5.92 Å². The Hall–Kier alpha value is -3.19. The van der Waals surface area contributed by atoms with Crippen molar-refractivity contribution in [3.8, 4) is 12.3 Å². The van der Waals surface area contributed by atoms with Crippen molar-refractivity contribution in [3.05, 3.63) is 12.2 Å². The highest BCUT2D eigenvalue weighted by Gasteiger charge is 2.58. The lowest BCUT2D eigenvalue weighted by molar-refractivity contribution is -0.161. The van der Waals surface area contributed by atoms with Crippen LogP contribution in [-0.4, -0.2) is 92.3 Å². The molecule has 2 aromatic rings. The van der Waals surface area contributed by atoms with Crippen molar-refractivity contribution in [1.82, 2.24) is 19.5 Å². The van der Waals surface area contributed by atoms with E-state index in [9.17, 15) is 24.2 Å². The predicted molar refractivity (Wildman–Crippen MR) is 255 cm³/mol. The Bertz CT molecular complexity index is 1760. The molecule has 0 aliphatic carbocycles.